The molecule has 5 N–H and O–H groups in total. The second-order valence-electron chi connectivity index (χ2n) is 16.9. The quantitative estimate of drug-likeness (QED) is 0.0491. The summed E-state index contributed by atoms with van der Waals surface area (Å²) in [7, 11) is 1.26. The molecular weight excluding hydrogens is 811 g/mol. The van der Waals surface area contributed by atoms with Crippen molar-refractivity contribution in [3.8, 4) is 5.75 Å². The van der Waals surface area contributed by atoms with Gasteiger partial charge in [0.15, 0.2) is 0 Å². The van der Waals surface area contributed by atoms with Gasteiger partial charge >= 0.3 is 5.97 Å². The molecular formula is C51H61N5O8. The molecule has 1 aromatic heterocycles. The second kappa shape index (κ2) is 23.8. The van der Waals surface area contributed by atoms with Crippen molar-refractivity contribution in [3.63, 3.8) is 0 Å². The number of benzene rings is 4. The van der Waals surface area contributed by atoms with Crippen LogP contribution in [0.1, 0.15) is 74.6 Å². The predicted molar refractivity (Wildman–Crippen MR) is 245 cm³/mol. The fourth-order valence-electron chi connectivity index (χ4n) is 7.99. The Bertz CT molecular complexity index is 2270. The molecule has 64 heavy (non-hydrogen) atoms. The maximum Gasteiger partial charge on any atom is 0.328 e. The molecule has 0 spiro atoms. The molecule has 0 bridgehead atoms. The summed E-state index contributed by atoms with van der Waals surface area (Å²) in [6.45, 7) is 4.13. The first-order chi connectivity index (χ1) is 31.1. The van der Waals surface area contributed by atoms with Crippen LogP contribution in [0.15, 0.2) is 115 Å². The number of carbonyl (C=O) groups excluding carboxylic acids is 5. The van der Waals surface area contributed by atoms with E-state index in [1.807, 2.05) is 117 Å². The molecule has 0 saturated heterocycles. The van der Waals surface area contributed by atoms with Crippen LogP contribution in [0.5, 0.6) is 5.75 Å². The fourth-order valence-corrected chi connectivity index (χ4v) is 7.99. The van der Waals surface area contributed by atoms with Gasteiger partial charge in [0.25, 0.3) is 0 Å². The summed E-state index contributed by atoms with van der Waals surface area (Å²) in [5.41, 5.74) is 4.30. The maximum atomic E-state index is 14.5. The SMILES string of the molecule is COC(=O)[C@@H](CC(C)C)NC(=O)[C@H](Cc1ccc(OCc2ccccc2)cc1)NC(=O)[C@H](COCc1ccccc1)NC(=O)[C@H](Cc1c[nH]c2ccccc12)NC(=O)C1CCCCC1. The van der Waals surface area contributed by atoms with Crippen molar-refractivity contribution < 1.29 is 38.2 Å². The van der Waals surface area contributed by atoms with Gasteiger partial charge in [0.05, 0.1) is 20.3 Å². The molecule has 6 rings (SSSR count). The fraction of sp³-hybridized carbons (Fsp3) is 0.392. The van der Waals surface area contributed by atoms with E-state index in [4.69, 9.17) is 14.2 Å². The van der Waals surface area contributed by atoms with Gasteiger partial charge in [-0.25, -0.2) is 4.79 Å². The molecule has 1 aliphatic rings. The standard InChI is InChI=1S/C51H61N5O8/c1-34(2)27-45(51(61)62-3)55-48(58)43(28-35-23-25-40(26-24-35)64-32-37-17-9-5-10-18-37)54-50(60)46(33-63-31-36-15-7-4-8-16-36)56-49(59)44(53-47(57)38-19-11-6-12-20-38)29-39-30-52-42-22-14-13-21-41(39)42/h4-5,7-10,13-18,21-26,30,34,38,43-46,52H,6,11-12,19-20,27-29,31-33H2,1-3H3,(H,53,57)(H,54,60)(H,55,58)(H,56,59)/t43-,44-,45+,46-/m0/s1. The zero-order valence-electron chi connectivity index (χ0n) is 37.0. The number of amides is 4. The summed E-state index contributed by atoms with van der Waals surface area (Å²) in [6.07, 6.45) is 6.78. The Hall–Kier alpha value is -6.47. The van der Waals surface area contributed by atoms with Gasteiger partial charge in [-0.3, -0.25) is 19.2 Å². The Morgan fingerprint density at radius 2 is 1.20 bits per heavy atom. The first-order valence-corrected chi connectivity index (χ1v) is 22.3. The van der Waals surface area contributed by atoms with Crippen molar-refractivity contribution >= 4 is 40.5 Å². The van der Waals surface area contributed by atoms with Crippen molar-refractivity contribution in [3.05, 3.63) is 138 Å². The molecule has 338 valence electrons. The van der Waals surface area contributed by atoms with E-state index in [0.717, 1.165) is 59.7 Å². The third kappa shape index (κ3) is 14.0. The molecule has 0 aliphatic heterocycles. The van der Waals surface area contributed by atoms with Crippen molar-refractivity contribution in [2.75, 3.05) is 13.7 Å². The molecule has 1 fully saturated rings. The molecule has 0 radical (unpaired) electrons. The lowest BCUT2D eigenvalue weighted by atomic mass is 9.88. The number of ether oxygens (including phenoxy) is 3. The van der Waals surface area contributed by atoms with Crippen LogP contribution in [-0.4, -0.2) is 72.5 Å². The number of nitrogens with one attached hydrogen (secondary N) is 5. The molecule has 0 unspecified atom stereocenters. The Morgan fingerprint density at radius 1 is 0.625 bits per heavy atom. The number of fused-ring (bicyclic) bond motifs is 1. The minimum atomic E-state index is -1.29. The summed E-state index contributed by atoms with van der Waals surface area (Å²) in [6, 6.07) is 29.6. The van der Waals surface area contributed by atoms with Gasteiger partial charge in [-0.2, -0.15) is 0 Å². The van der Waals surface area contributed by atoms with E-state index >= 15 is 0 Å². The molecule has 4 amide bonds. The third-order valence-electron chi connectivity index (χ3n) is 11.5. The largest absolute Gasteiger partial charge is 0.489 e. The Kier molecular flexibility index (Phi) is 17.5. The summed E-state index contributed by atoms with van der Waals surface area (Å²) < 4.78 is 17.1. The van der Waals surface area contributed by atoms with Crippen molar-refractivity contribution in [2.24, 2.45) is 11.8 Å². The van der Waals surface area contributed by atoms with E-state index < -0.39 is 47.9 Å². The highest BCUT2D eigenvalue weighted by atomic mass is 16.5. The van der Waals surface area contributed by atoms with Gasteiger partial charge in [-0.1, -0.05) is 124 Å². The number of methoxy groups -OCH3 is 1. The highest BCUT2D eigenvalue weighted by Gasteiger charge is 2.34. The van der Waals surface area contributed by atoms with E-state index in [2.05, 4.69) is 26.3 Å². The molecule has 1 heterocycles. The lowest BCUT2D eigenvalue weighted by Crippen LogP contribution is -2.59. The van der Waals surface area contributed by atoms with Gasteiger partial charge in [0.1, 0.15) is 36.5 Å². The van der Waals surface area contributed by atoms with Gasteiger partial charge < -0.3 is 40.5 Å². The van der Waals surface area contributed by atoms with Crippen LogP contribution >= 0.6 is 0 Å². The highest BCUT2D eigenvalue weighted by Crippen LogP contribution is 2.25. The number of H-pyrrole nitrogens is 1. The molecule has 13 nitrogen and oxygen atoms in total. The average molecular weight is 872 g/mol. The monoisotopic (exact) mass is 871 g/mol. The Morgan fingerprint density at radius 3 is 1.86 bits per heavy atom. The first kappa shape index (κ1) is 47.0. The minimum Gasteiger partial charge on any atom is -0.489 e. The molecule has 5 aromatic rings. The van der Waals surface area contributed by atoms with Gasteiger partial charge in [-0.05, 0) is 65.6 Å². The Balaban J connectivity index is 1.25. The van der Waals surface area contributed by atoms with Crippen LogP contribution in [0.4, 0.5) is 0 Å². The number of aromatic amines is 1. The van der Waals surface area contributed by atoms with Crippen LogP contribution in [0, 0.1) is 11.8 Å². The van der Waals surface area contributed by atoms with E-state index in [1.165, 1.54) is 7.11 Å². The topological polar surface area (TPSA) is 177 Å². The third-order valence-corrected chi connectivity index (χ3v) is 11.5. The zero-order chi connectivity index (χ0) is 45.3. The normalized spacial score (nSPS) is 14.8. The molecule has 1 saturated carbocycles. The van der Waals surface area contributed by atoms with Crippen LogP contribution in [-0.2, 0) is 59.5 Å². The number of aromatic nitrogens is 1. The first-order valence-electron chi connectivity index (χ1n) is 22.3. The van der Waals surface area contributed by atoms with Crippen molar-refractivity contribution in [1.82, 2.24) is 26.3 Å². The summed E-state index contributed by atoms with van der Waals surface area (Å²) in [5, 5.41) is 12.5. The van der Waals surface area contributed by atoms with Crippen molar-refractivity contribution in [1.29, 1.82) is 0 Å². The van der Waals surface area contributed by atoms with Crippen molar-refractivity contribution in [2.45, 2.75) is 103 Å². The molecule has 4 atom stereocenters. The number of carbonyl (C=O) groups is 5. The summed E-state index contributed by atoms with van der Waals surface area (Å²) in [5.74, 6) is -2.23. The number of hydrogen-bond acceptors (Lipinski definition) is 8. The van der Waals surface area contributed by atoms with Gasteiger partial charge in [0.2, 0.25) is 23.6 Å². The van der Waals surface area contributed by atoms with Gasteiger partial charge in [-0.15, -0.1) is 0 Å². The van der Waals surface area contributed by atoms with E-state index in [1.54, 1.807) is 12.1 Å². The second-order valence-corrected chi connectivity index (χ2v) is 16.9. The molecule has 1 aliphatic carbocycles. The lowest BCUT2D eigenvalue weighted by molar-refractivity contribution is -0.146. The molecule has 4 aromatic carbocycles. The number of esters is 1. The van der Waals surface area contributed by atoms with E-state index in [0.29, 0.717) is 24.3 Å². The number of rotatable bonds is 22. The minimum absolute atomic E-state index is 0.0398. The number of para-hydroxylation sites is 1. The van der Waals surface area contributed by atoms with Crippen LogP contribution in [0.25, 0.3) is 10.9 Å². The van der Waals surface area contributed by atoms with E-state index in [9.17, 15) is 24.0 Å². The smallest absolute Gasteiger partial charge is 0.328 e. The highest BCUT2D eigenvalue weighted by molar-refractivity contribution is 5.96. The lowest BCUT2D eigenvalue weighted by Gasteiger charge is -2.28. The van der Waals surface area contributed by atoms with Crippen LogP contribution in [0.3, 0.4) is 0 Å². The molecule has 13 heteroatoms. The maximum absolute atomic E-state index is 14.5. The Labute approximate surface area is 375 Å². The predicted octanol–water partition coefficient (Wildman–Crippen LogP) is 6.49. The van der Waals surface area contributed by atoms with E-state index in [-0.39, 0.29) is 43.8 Å². The number of hydrogen-bond donors (Lipinski definition) is 5. The summed E-state index contributed by atoms with van der Waals surface area (Å²) in [4.78, 5) is 73.1. The average Bonchev–Trinajstić information content (AvgIpc) is 3.73. The van der Waals surface area contributed by atoms with Crippen LogP contribution in [0.2, 0.25) is 0 Å². The summed E-state index contributed by atoms with van der Waals surface area (Å²) >= 11 is 0. The zero-order valence-corrected chi connectivity index (χ0v) is 37.0. The van der Waals surface area contributed by atoms with Crippen LogP contribution < -0.4 is 26.0 Å². The van der Waals surface area contributed by atoms with Gasteiger partial charge in [0, 0.05) is 35.9 Å².